The second-order valence-corrected chi connectivity index (χ2v) is 5.67. The highest BCUT2D eigenvalue weighted by Crippen LogP contribution is 2.26. The van der Waals surface area contributed by atoms with E-state index in [1.54, 1.807) is 25.3 Å². The summed E-state index contributed by atoms with van der Waals surface area (Å²) in [6.45, 7) is 0.477. The molecule has 27 heavy (non-hydrogen) atoms. The van der Waals surface area contributed by atoms with Crippen LogP contribution in [0.15, 0.2) is 53.6 Å². The molecule has 0 unspecified atom stereocenters. The molecule has 0 radical (unpaired) electrons. The summed E-state index contributed by atoms with van der Waals surface area (Å²) >= 11 is 0. The third-order valence-corrected chi connectivity index (χ3v) is 3.71. The SMILES string of the molecule is COc1ccc(/C=N/NC(=O)CC(=O)NCCc2ccccc2)cc1OC. The lowest BCUT2D eigenvalue weighted by Gasteiger charge is -2.07. The summed E-state index contributed by atoms with van der Waals surface area (Å²) < 4.78 is 10.4. The molecule has 2 rings (SSSR count). The first-order chi connectivity index (χ1) is 13.1. The fourth-order valence-electron chi connectivity index (χ4n) is 2.35. The van der Waals surface area contributed by atoms with Crippen LogP contribution >= 0.6 is 0 Å². The largest absolute Gasteiger partial charge is 0.493 e. The summed E-state index contributed by atoms with van der Waals surface area (Å²) in [5, 5.41) is 6.57. The Bertz CT molecular complexity index is 791. The molecule has 0 bridgehead atoms. The second-order valence-electron chi connectivity index (χ2n) is 5.67. The van der Waals surface area contributed by atoms with E-state index in [2.05, 4.69) is 15.8 Å². The Labute approximate surface area is 158 Å². The van der Waals surface area contributed by atoms with Gasteiger partial charge in [0.15, 0.2) is 11.5 Å². The molecule has 0 saturated carbocycles. The van der Waals surface area contributed by atoms with Crippen LogP contribution in [0.4, 0.5) is 0 Å². The molecular weight excluding hydrogens is 346 g/mol. The van der Waals surface area contributed by atoms with E-state index in [9.17, 15) is 9.59 Å². The minimum absolute atomic E-state index is 0.280. The Morgan fingerprint density at radius 1 is 1.00 bits per heavy atom. The number of hydrogen-bond acceptors (Lipinski definition) is 5. The zero-order valence-corrected chi connectivity index (χ0v) is 15.4. The number of nitrogens with zero attached hydrogens (tertiary/aromatic N) is 1. The van der Waals surface area contributed by atoms with Crippen LogP contribution in [0, 0.1) is 0 Å². The van der Waals surface area contributed by atoms with Crippen LogP contribution in [0.2, 0.25) is 0 Å². The third-order valence-electron chi connectivity index (χ3n) is 3.71. The molecule has 2 amide bonds. The lowest BCUT2D eigenvalue weighted by molar-refractivity contribution is -0.129. The first-order valence-corrected chi connectivity index (χ1v) is 8.47. The van der Waals surface area contributed by atoms with Gasteiger partial charge in [0.25, 0.3) is 0 Å². The molecule has 7 heteroatoms. The number of methoxy groups -OCH3 is 2. The van der Waals surface area contributed by atoms with Crippen LogP contribution in [0.3, 0.4) is 0 Å². The summed E-state index contributed by atoms with van der Waals surface area (Å²) in [6.07, 6.45) is 1.90. The number of ether oxygens (including phenoxy) is 2. The molecule has 0 aliphatic carbocycles. The quantitative estimate of drug-likeness (QED) is 0.401. The molecule has 0 aromatic heterocycles. The van der Waals surface area contributed by atoms with Gasteiger partial charge in [0.05, 0.1) is 20.4 Å². The average molecular weight is 369 g/mol. The monoisotopic (exact) mass is 369 g/mol. The number of carbonyl (C=O) groups excluding carboxylic acids is 2. The van der Waals surface area contributed by atoms with E-state index < -0.39 is 5.91 Å². The molecule has 0 aliphatic rings. The lowest BCUT2D eigenvalue weighted by Crippen LogP contribution is -2.31. The van der Waals surface area contributed by atoms with E-state index in [0.29, 0.717) is 24.5 Å². The van der Waals surface area contributed by atoms with Crippen molar-refractivity contribution in [1.29, 1.82) is 0 Å². The van der Waals surface area contributed by atoms with Gasteiger partial charge >= 0.3 is 0 Å². The first kappa shape index (κ1) is 20.0. The molecule has 0 heterocycles. The molecule has 0 spiro atoms. The molecule has 7 nitrogen and oxygen atoms in total. The molecule has 0 aliphatic heterocycles. The van der Waals surface area contributed by atoms with E-state index in [1.807, 2.05) is 30.3 Å². The normalized spacial score (nSPS) is 10.4. The van der Waals surface area contributed by atoms with Crippen LogP contribution in [0.1, 0.15) is 17.5 Å². The maximum atomic E-state index is 11.8. The maximum Gasteiger partial charge on any atom is 0.249 e. The van der Waals surface area contributed by atoms with Crippen molar-refractivity contribution in [2.75, 3.05) is 20.8 Å². The number of nitrogens with one attached hydrogen (secondary N) is 2. The van der Waals surface area contributed by atoms with Crippen LogP contribution < -0.4 is 20.2 Å². The lowest BCUT2D eigenvalue weighted by atomic mass is 10.1. The highest BCUT2D eigenvalue weighted by atomic mass is 16.5. The van der Waals surface area contributed by atoms with Crippen LogP contribution in [-0.2, 0) is 16.0 Å². The van der Waals surface area contributed by atoms with Crippen LogP contribution in [-0.4, -0.2) is 38.8 Å². The number of rotatable bonds is 9. The van der Waals surface area contributed by atoms with Gasteiger partial charge in [-0.05, 0) is 35.7 Å². The van der Waals surface area contributed by atoms with Gasteiger partial charge in [-0.3, -0.25) is 9.59 Å². The van der Waals surface area contributed by atoms with Gasteiger partial charge in [0.2, 0.25) is 11.8 Å². The summed E-state index contributed by atoms with van der Waals surface area (Å²) in [4.78, 5) is 23.5. The van der Waals surface area contributed by atoms with Crippen molar-refractivity contribution < 1.29 is 19.1 Å². The van der Waals surface area contributed by atoms with E-state index in [-0.39, 0.29) is 12.3 Å². The molecular formula is C20H23N3O4. The molecule has 0 fully saturated rings. The molecule has 0 atom stereocenters. The number of carbonyl (C=O) groups is 2. The average Bonchev–Trinajstić information content (AvgIpc) is 2.68. The number of benzene rings is 2. The van der Waals surface area contributed by atoms with Gasteiger partial charge in [-0.15, -0.1) is 0 Å². The van der Waals surface area contributed by atoms with Crippen molar-refractivity contribution >= 4 is 18.0 Å². The second kappa shape index (κ2) is 10.6. The zero-order valence-electron chi connectivity index (χ0n) is 15.4. The predicted octanol–water partition coefficient (Wildman–Crippen LogP) is 1.90. The Balaban J connectivity index is 1.73. The van der Waals surface area contributed by atoms with Crippen molar-refractivity contribution in [3.05, 3.63) is 59.7 Å². The Morgan fingerprint density at radius 2 is 1.74 bits per heavy atom. The Morgan fingerprint density at radius 3 is 2.44 bits per heavy atom. The maximum absolute atomic E-state index is 11.8. The van der Waals surface area contributed by atoms with Gasteiger partial charge in [0, 0.05) is 6.54 Å². The number of hydrogen-bond donors (Lipinski definition) is 2. The highest BCUT2D eigenvalue weighted by molar-refractivity contribution is 5.97. The smallest absolute Gasteiger partial charge is 0.249 e. The first-order valence-electron chi connectivity index (χ1n) is 8.47. The fourth-order valence-corrected chi connectivity index (χ4v) is 2.35. The predicted molar refractivity (Wildman–Crippen MR) is 103 cm³/mol. The van der Waals surface area contributed by atoms with Crippen molar-refractivity contribution in [2.45, 2.75) is 12.8 Å². The van der Waals surface area contributed by atoms with Crippen molar-refractivity contribution in [1.82, 2.24) is 10.7 Å². The Hall–Kier alpha value is -3.35. The van der Waals surface area contributed by atoms with Gasteiger partial charge in [-0.25, -0.2) is 5.43 Å². The summed E-state index contributed by atoms with van der Waals surface area (Å²) in [5.41, 5.74) is 4.18. The molecule has 142 valence electrons. The number of amides is 2. The molecule has 0 saturated heterocycles. The highest BCUT2D eigenvalue weighted by Gasteiger charge is 2.08. The topological polar surface area (TPSA) is 89.0 Å². The molecule has 2 N–H and O–H groups in total. The van der Waals surface area contributed by atoms with Gasteiger partial charge in [0.1, 0.15) is 6.42 Å². The summed E-state index contributed by atoms with van der Waals surface area (Å²) in [5.74, 6) is 0.338. The van der Waals surface area contributed by atoms with E-state index in [1.165, 1.54) is 13.3 Å². The summed E-state index contributed by atoms with van der Waals surface area (Å²) in [7, 11) is 3.09. The minimum atomic E-state index is -0.482. The number of hydrazone groups is 1. The molecule has 2 aromatic rings. The zero-order chi connectivity index (χ0) is 19.5. The van der Waals surface area contributed by atoms with Crippen molar-refractivity contribution in [2.24, 2.45) is 5.10 Å². The third kappa shape index (κ3) is 6.81. The van der Waals surface area contributed by atoms with Crippen molar-refractivity contribution in [3.8, 4) is 11.5 Å². The van der Waals surface area contributed by atoms with E-state index in [4.69, 9.17) is 9.47 Å². The van der Waals surface area contributed by atoms with Crippen LogP contribution in [0.5, 0.6) is 11.5 Å². The van der Waals surface area contributed by atoms with Crippen molar-refractivity contribution in [3.63, 3.8) is 0 Å². The van der Waals surface area contributed by atoms with Gasteiger partial charge in [-0.2, -0.15) is 5.10 Å². The Kier molecular flexibility index (Phi) is 7.84. The van der Waals surface area contributed by atoms with Gasteiger partial charge < -0.3 is 14.8 Å². The summed E-state index contributed by atoms with van der Waals surface area (Å²) in [6, 6.07) is 15.0. The fraction of sp³-hybridized carbons (Fsp3) is 0.250. The van der Waals surface area contributed by atoms with Gasteiger partial charge in [-0.1, -0.05) is 30.3 Å². The van der Waals surface area contributed by atoms with Crippen LogP contribution in [0.25, 0.3) is 0 Å². The minimum Gasteiger partial charge on any atom is -0.493 e. The standard InChI is InChI=1S/C20H23N3O4/c1-26-17-9-8-16(12-18(17)27-2)14-22-23-20(25)13-19(24)21-11-10-15-6-4-3-5-7-15/h3-9,12,14H,10-11,13H2,1-2H3,(H,21,24)(H,23,25)/b22-14+. The van der Waals surface area contributed by atoms with E-state index in [0.717, 1.165) is 11.1 Å². The van der Waals surface area contributed by atoms with E-state index >= 15 is 0 Å². The molecule has 2 aromatic carbocycles.